The second-order valence-electron chi connectivity index (χ2n) is 10.1. The van der Waals surface area contributed by atoms with E-state index >= 15 is 0 Å². The zero-order valence-electron chi connectivity index (χ0n) is 23.8. The predicted molar refractivity (Wildman–Crippen MR) is 140 cm³/mol. The average molecular weight is 824 g/mol. The number of carbonyl (C=O) groups is 1. The van der Waals surface area contributed by atoms with Gasteiger partial charge >= 0.3 is 0 Å². The van der Waals surface area contributed by atoms with Crippen LogP contribution in [0.3, 0.4) is 0 Å². The van der Waals surface area contributed by atoms with Gasteiger partial charge in [0.2, 0.25) is 0 Å². The molecule has 0 unspecified atom stereocenters. The molecule has 0 radical (unpaired) electrons. The second-order valence-corrected chi connectivity index (χ2v) is 10.1. The quantitative estimate of drug-likeness (QED) is 0.157. The molecule has 0 aromatic carbocycles. The summed E-state index contributed by atoms with van der Waals surface area (Å²) in [6.45, 7) is 22.2. The molecule has 6 atom stereocenters. The van der Waals surface area contributed by atoms with E-state index in [9.17, 15) is 20.1 Å². The molecule has 6 heteroatoms. The van der Waals surface area contributed by atoms with Gasteiger partial charge in [0.15, 0.2) is 0 Å². The molecule has 0 heterocycles. The van der Waals surface area contributed by atoms with Crippen LogP contribution >= 0.6 is 0 Å². The Bertz CT molecular complexity index is 449. The van der Waals surface area contributed by atoms with Crippen LogP contribution in [-0.4, -0.2) is 39.9 Å². The fourth-order valence-electron chi connectivity index (χ4n) is 3.24. The molecule has 0 saturated heterocycles. The summed E-state index contributed by atoms with van der Waals surface area (Å²) in [5.41, 5.74) is 0. The Hall–Kier alpha value is 0.407. The Balaban J connectivity index is -0.000000120. The first-order chi connectivity index (χ1) is 14.8. The molecule has 0 bridgehead atoms. The molecule has 34 heavy (non-hydrogen) atoms. The van der Waals surface area contributed by atoms with Crippen LogP contribution in [0.25, 0.3) is 0 Å². The van der Waals surface area contributed by atoms with Gasteiger partial charge in [0.25, 0.3) is 0 Å². The number of aliphatic hydroxyl groups excluding tert-OH is 3. The van der Waals surface area contributed by atoms with Crippen molar-refractivity contribution in [1.82, 2.24) is 0 Å². The molecule has 0 fully saturated rings. The molecule has 0 aromatic rings. The molecule has 3 N–H and O–H groups in total. The number of carbonyl (C=O) groups excluding carboxylic acids is 1. The topological polar surface area (TPSA) is 77.8 Å². The number of hydrogen-bond acceptors (Lipinski definition) is 4. The summed E-state index contributed by atoms with van der Waals surface area (Å²) in [4.78, 5) is 10.0. The van der Waals surface area contributed by atoms with Crippen LogP contribution in [0.4, 0.5) is 0 Å². The summed E-state index contributed by atoms with van der Waals surface area (Å²) in [6, 6.07) is 0. The molecule has 0 aliphatic heterocycles. The first kappa shape index (κ1) is 44.4. The smallest absolute Gasteiger partial charge is 0.120 e. The van der Waals surface area contributed by atoms with Crippen LogP contribution in [0.1, 0.15) is 95.4 Å². The minimum Gasteiger partial charge on any atom is -0.393 e. The van der Waals surface area contributed by atoms with Crippen LogP contribution in [0.5, 0.6) is 0 Å². The van der Waals surface area contributed by atoms with Crippen LogP contribution in [-0.2, 0) is 46.9 Å². The van der Waals surface area contributed by atoms with Crippen LogP contribution < -0.4 is 0 Å². The maximum absolute atomic E-state index is 10.0. The van der Waals surface area contributed by atoms with Crippen molar-refractivity contribution in [3.8, 4) is 0 Å². The number of aldehydes is 1. The van der Waals surface area contributed by atoms with Crippen molar-refractivity contribution in [2.45, 2.75) is 114 Å². The fourth-order valence-corrected chi connectivity index (χ4v) is 3.24. The van der Waals surface area contributed by atoms with E-state index < -0.39 is 0 Å². The predicted octanol–water partition coefficient (Wildman–Crippen LogP) is 6.43. The number of hydrogen-bond donors (Lipinski definition) is 3. The van der Waals surface area contributed by atoms with E-state index in [-0.39, 0.29) is 72.3 Å². The van der Waals surface area contributed by atoms with Crippen LogP contribution in [0, 0.1) is 35.5 Å². The third-order valence-electron chi connectivity index (χ3n) is 5.75. The minimum absolute atomic E-state index is 0. The Kier molecular flexibility index (Phi) is 36.5. The van der Waals surface area contributed by atoms with E-state index in [1.807, 2.05) is 46.8 Å². The minimum atomic E-state index is -0.342. The number of aliphatic hydroxyl groups is 3. The summed E-state index contributed by atoms with van der Waals surface area (Å²) in [5.74, 6) is 1.84. The van der Waals surface area contributed by atoms with Gasteiger partial charge in [-0.2, -0.15) is 0 Å². The zero-order chi connectivity index (χ0) is 25.9. The average Bonchev–Trinajstić information content (AvgIpc) is 2.74. The molecule has 0 aromatic heterocycles. The molecule has 0 saturated carbocycles. The van der Waals surface area contributed by atoms with Gasteiger partial charge in [0.05, 0.1) is 18.3 Å². The van der Waals surface area contributed by atoms with Gasteiger partial charge in [-0.1, -0.05) is 86.6 Å². The van der Waals surface area contributed by atoms with Crippen molar-refractivity contribution in [2.24, 2.45) is 35.5 Å². The van der Waals surface area contributed by atoms with E-state index in [4.69, 9.17) is 0 Å². The van der Waals surface area contributed by atoms with Crippen molar-refractivity contribution in [3.05, 3.63) is 24.3 Å². The Labute approximate surface area is 241 Å². The van der Waals surface area contributed by atoms with Gasteiger partial charge in [-0.3, -0.25) is 0 Å². The van der Waals surface area contributed by atoms with Gasteiger partial charge in [0, 0.05) is 48.6 Å². The Morgan fingerprint density at radius 3 is 0.941 bits per heavy atom. The maximum atomic E-state index is 10.0. The summed E-state index contributed by atoms with van der Waals surface area (Å²) >= 11 is 0. The van der Waals surface area contributed by atoms with Gasteiger partial charge < -0.3 is 20.1 Å². The molecule has 4 nitrogen and oxygen atoms in total. The third-order valence-corrected chi connectivity index (χ3v) is 5.75. The summed E-state index contributed by atoms with van der Waals surface area (Å²) in [5, 5.41) is 28.5. The SMILES string of the molecule is C/C=C/C[C@@H](C)[C@@H](O)C(C)C.C/C=C/C[C@@H](C)[C@@H](O)C(C)C.CC(C)[C@H](O)[C@H](C)CC=O.[W].[W]. The van der Waals surface area contributed by atoms with E-state index in [1.165, 1.54) is 0 Å². The van der Waals surface area contributed by atoms with Gasteiger partial charge in [0.1, 0.15) is 6.29 Å². The van der Waals surface area contributed by atoms with Gasteiger partial charge in [-0.25, -0.2) is 0 Å². The zero-order valence-corrected chi connectivity index (χ0v) is 29.6. The van der Waals surface area contributed by atoms with Crippen molar-refractivity contribution >= 4 is 6.29 Å². The van der Waals surface area contributed by atoms with Crippen LogP contribution in [0.15, 0.2) is 24.3 Å². The van der Waals surface area contributed by atoms with Gasteiger partial charge in [-0.15, -0.1) is 0 Å². The van der Waals surface area contributed by atoms with E-state index in [0.29, 0.717) is 30.1 Å². The largest absolute Gasteiger partial charge is 0.393 e. The standard InChI is InChI=1S/2C10H20O.C8H16O2.2W/c2*1-5-6-7-9(4)10(11)8(2)3;1-6(2)8(10)7(3)4-5-9;;/h2*5-6,8-11H,7H2,1-4H3;5-8,10H,4H2,1-3H3;;/b2*6-5+;;;/t2*9-,10+;7-,8+;;/m111../s1. The van der Waals surface area contributed by atoms with E-state index in [1.54, 1.807) is 0 Å². The molecular formula is C28H56O4W2. The number of rotatable bonds is 12. The van der Waals surface area contributed by atoms with E-state index in [2.05, 4.69) is 53.7 Å². The summed E-state index contributed by atoms with van der Waals surface area (Å²) in [6.07, 6.45) is 10.9. The normalized spacial score (nSPS) is 16.4. The molecule has 204 valence electrons. The van der Waals surface area contributed by atoms with Crippen molar-refractivity contribution in [1.29, 1.82) is 0 Å². The van der Waals surface area contributed by atoms with Crippen molar-refractivity contribution < 1.29 is 62.2 Å². The molecule has 0 spiro atoms. The fraction of sp³-hybridized carbons (Fsp3) is 0.821. The molecule has 0 amide bonds. The maximum Gasteiger partial charge on any atom is 0.120 e. The Morgan fingerprint density at radius 1 is 0.529 bits per heavy atom. The second kappa shape index (κ2) is 28.0. The molecule has 0 rings (SSSR count). The first-order valence-corrected chi connectivity index (χ1v) is 12.5. The van der Waals surface area contributed by atoms with Crippen LogP contribution in [0.2, 0.25) is 0 Å². The third kappa shape index (κ3) is 25.5. The van der Waals surface area contributed by atoms with Crippen molar-refractivity contribution in [3.63, 3.8) is 0 Å². The Morgan fingerprint density at radius 2 is 0.765 bits per heavy atom. The summed E-state index contributed by atoms with van der Waals surface area (Å²) < 4.78 is 0. The van der Waals surface area contributed by atoms with Gasteiger partial charge in [-0.05, 0) is 62.2 Å². The van der Waals surface area contributed by atoms with E-state index in [0.717, 1.165) is 19.1 Å². The molecular weight excluding hydrogens is 768 g/mol. The van der Waals surface area contributed by atoms with Crippen molar-refractivity contribution in [2.75, 3.05) is 0 Å². The monoisotopic (exact) mass is 824 g/mol. The first-order valence-electron chi connectivity index (χ1n) is 12.5. The summed E-state index contributed by atoms with van der Waals surface area (Å²) in [7, 11) is 0. The molecule has 0 aliphatic carbocycles. The number of allylic oxidation sites excluding steroid dienone is 4. The molecule has 0 aliphatic rings.